The molecule has 0 fully saturated rings. The Morgan fingerprint density at radius 2 is 1.91 bits per heavy atom. The van der Waals surface area contributed by atoms with E-state index in [1.54, 1.807) is 0 Å². The van der Waals surface area contributed by atoms with E-state index in [9.17, 15) is 9.59 Å². The number of hydrogen-bond acceptors (Lipinski definition) is 3. The van der Waals surface area contributed by atoms with Gasteiger partial charge >= 0.3 is 0 Å². The van der Waals surface area contributed by atoms with E-state index in [0.717, 1.165) is 18.4 Å². The maximum Gasteiger partial charge on any atom is 0.220 e. The first kappa shape index (κ1) is 17.7. The number of hydrogen-bond donors (Lipinski definition) is 2. The van der Waals surface area contributed by atoms with E-state index in [-0.39, 0.29) is 37.1 Å². The minimum absolute atomic E-state index is 0.0388. The summed E-state index contributed by atoms with van der Waals surface area (Å²) in [5.74, 6) is 0.193. The Hall–Kier alpha value is -1.68. The lowest BCUT2D eigenvalue weighted by Crippen LogP contribution is -2.28. The van der Waals surface area contributed by atoms with Crippen LogP contribution in [0.15, 0.2) is 18.2 Å². The van der Waals surface area contributed by atoms with Crippen molar-refractivity contribution in [1.82, 2.24) is 5.32 Å². The molecule has 1 aromatic rings. The molecule has 0 aromatic heterocycles. The molecule has 0 heterocycles. The number of carbonyl (C=O) groups excluding carboxylic acids is 2. The molecule has 0 saturated heterocycles. The molecule has 1 aliphatic carbocycles. The largest absolute Gasteiger partial charge is 0.396 e. The van der Waals surface area contributed by atoms with Crippen LogP contribution in [0, 0.1) is 5.92 Å². The zero-order valence-corrected chi connectivity index (χ0v) is 13.9. The lowest BCUT2D eigenvalue weighted by Gasteiger charge is -2.16. The van der Waals surface area contributed by atoms with Crippen molar-refractivity contribution in [3.05, 3.63) is 34.9 Å². The van der Waals surface area contributed by atoms with Gasteiger partial charge in [0, 0.05) is 31.6 Å². The third-order valence-corrected chi connectivity index (χ3v) is 4.52. The van der Waals surface area contributed by atoms with E-state index in [4.69, 9.17) is 5.11 Å². The fraction of sp³-hybridized carbons (Fsp3) is 0.579. The van der Waals surface area contributed by atoms with Crippen LogP contribution < -0.4 is 5.32 Å². The molecule has 1 atom stereocenters. The molecule has 0 spiro atoms. The molecule has 1 amide bonds. The highest BCUT2D eigenvalue weighted by atomic mass is 16.3. The lowest BCUT2D eigenvalue weighted by atomic mass is 9.89. The second-order valence-corrected chi connectivity index (χ2v) is 6.54. The number of aliphatic hydroxyl groups is 1. The summed E-state index contributed by atoms with van der Waals surface area (Å²) in [4.78, 5) is 24.1. The Kier molecular flexibility index (Phi) is 6.78. The number of nitrogens with one attached hydrogen (secondary N) is 1. The molecular formula is C19H27NO3. The molecule has 2 N–H and O–H groups in total. The molecule has 0 saturated carbocycles. The van der Waals surface area contributed by atoms with E-state index in [2.05, 4.69) is 11.4 Å². The topological polar surface area (TPSA) is 66.4 Å². The summed E-state index contributed by atoms with van der Waals surface area (Å²) in [7, 11) is 0. The number of aliphatic hydroxyl groups excluding tert-OH is 1. The first-order chi connectivity index (χ1) is 11.1. The highest BCUT2D eigenvalue weighted by Crippen LogP contribution is 2.22. The highest BCUT2D eigenvalue weighted by Gasteiger charge is 2.14. The summed E-state index contributed by atoms with van der Waals surface area (Å²) in [6, 6.07) is 5.98. The Bertz CT molecular complexity index is 554. The Balaban J connectivity index is 1.79. The molecule has 0 bridgehead atoms. The predicted molar refractivity (Wildman–Crippen MR) is 90.5 cm³/mol. The number of amides is 1. The molecule has 1 aromatic carbocycles. The lowest BCUT2D eigenvalue weighted by molar-refractivity contribution is -0.121. The Morgan fingerprint density at radius 1 is 1.17 bits per heavy atom. The van der Waals surface area contributed by atoms with Gasteiger partial charge in [-0.1, -0.05) is 19.1 Å². The van der Waals surface area contributed by atoms with Crippen LogP contribution in [-0.2, 0) is 17.6 Å². The van der Waals surface area contributed by atoms with Gasteiger partial charge in [-0.3, -0.25) is 9.59 Å². The van der Waals surface area contributed by atoms with Crippen molar-refractivity contribution in [3.63, 3.8) is 0 Å². The third kappa shape index (κ3) is 5.47. The summed E-state index contributed by atoms with van der Waals surface area (Å²) in [6.45, 7) is 2.66. The maximum absolute atomic E-state index is 12.3. The molecule has 0 radical (unpaired) electrons. The minimum atomic E-state index is -0.0962. The van der Waals surface area contributed by atoms with Gasteiger partial charge in [0.05, 0.1) is 0 Å². The summed E-state index contributed by atoms with van der Waals surface area (Å²) < 4.78 is 0. The molecule has 1 unspecified atom stereocenters. The number of aryl methyl sites for hydroxylation is 2. The van der Waals surface area contributed by atoms with Crippen LogP contribution in [0.3, 0.4) is 0 Å². The fourth-order valence-electron chi connectivity index (χ4n) is 2.98. The monoisotopic (exact) mass is 317 g/mol. The smallest absolute Gasteiger partial charge is 0.220 e. The first-order valence-corrected chi connectivity index (χ1v) is 8.62. The van der Waals surface area contributed by atoms with Gasteiger partial charge in [0.2, 0.25) is 5.91 Å². The summed E-state index contributed by atoms with van der Waals surface area (Å²) in [5.41, 5.74) is 3.39. The fourth-order valence-corrected chi connectivity index (χ4v) is 2.98. The zero-order chi connectivity index (χ0) is 16.7. The number of benzene rings is 1. The van der Waals surface area contributed by atoms with Crippen LogP contribution in [-0.4, -0.2) is 29.9 Å². The Morgan fingerprint density at radius 3 is 2.65 bits per heavy atom. The summed E-state index contributed by atoms with van der Waals surface area (Å²) in [5, 5.41) is 11.7. The van der Waals surface area contributed by atoms with Crippen molar-refractivity contribution in [1.29, 1.82) is 0 Å². The van der Waals surface area contributed by atoms with Crippen LogP contribution >= 0.6 is 0 Å². The number of ketones is 1. The third-order valence-electron chi connectivity index (χ3n) is 4.52. The zero-order valence-electron chi connectivity index (χ0n) is 13.9. The van der Waals surface area contributed by atoms with Crippen molar-refractivity contribution in [2.75, 3.05) is 13.2 Å². The molecule has 0 aliphatic heterocycles. The molecule has 4 nitrogen and oxygen atoms in total. The van der Waals surface area contributed by atoms with Gasteiger partial charge in [0.15, 0.2) is 5.78 Å². The predicted octanol–water partition coefficient (Wildman–Crippen LogP) is 2.66. The van der Waals surface area contributed by atoms with E-state index in [1.807, 2.05) is 19.1 Å². The van der Waals surface area contributed by atoms with Crippen molar-refractivity contribution in [2.45, 2.75) is 51.9 Å². The van der Waals surface area contributed by atoms with Gasteiger partial charge in [0.1, 0.15) is 0 Å². The quantitative estimate of drug-likeness (QED) is 0.724. The van der Waals surface area contributed by atoms with Crippen molar-refractivity contribution < 1.29 is 14.7 Å². The maximum atomic E-state index is 12.3. The number of carbonyl (C=O) groups is 2. The van der Waals surface area contributed by atoms with Gasteiger partial charge < -0.3 is 10.4 Å². The molecule has 1 aliphatic rings. The average Bonchev–Trinajstić information content (AvgIpc) is 2.57. The van der Waals surface area contributed by atoms with Gasteiger partial charge in [-0.05, 0) is 55.2 Å². The van der Waals surface area contributed by atoms with E-state index in [1.165, 1.54) is 24.0 Å². The van der Waals surface area contributed by atoms with Gasteiger partial charge in [0.25, 0.3) is 0 Å². The number of fused-ring (bicyclic) bond motifs is 1. The second-order valence-electron chi connectivity index (χ2n) is 6.54. The van der Waals surface area contributed by atoms with Crippen molar-refractivity contribution in [2.24, 2.45) is 5.92 Å². The van der Waals surface area contributed by atoms with Crippen molar-refractivity contribution in [3.8, 4) is 0 Å². The average molecular weight is 317 g/mol. The summed E-state index contributed by atoms with van der Waals surface area (Å²) >= 11 is 0. The van der Waals surface area contributed by atoms with Gasteiger partial charge in [-0.2, -0.15) is 0 Å². The van der Waals surface area contributed by atoms with Crippen LogP contribution in [0.4, 0.5) is 0 Å². The van der Waals surface area contributed by atoms with Crippen LogP contribution in [0.2, 0.25) is 0 Å². The molecule has 4 heteroatoms. The SMILES string of the molecule is CC(CCO)CNC(=O)CCC(=O)c1ccc2c(c1)CCCC2. The van der Waals surface area contributed by atoms with Gasteiger partial charge in [-0.25, -0.2) is 0 Å². The second kappa shape index (κ2) is 8.82. The molecular weight excluding hydrogens is 290 g/mol. The van der Waals surface area contributed by atoms with E-state index >= 15 is 0 Å². The van der Waals surface area contributed by atoms with E-state index in [0.29, 0.717) is 13.0 Å². The molecule has 23 heavy (non-hydrogen) atoms. The highest BCUT2D eigenvalue weighted by molar-refractivity contribution is 5.98. The van der Waals surface area contributed by atoms with Gasteiger partial charge in [-0.15, -0.1) is 0 Å². The van der Waals surface area contributed by atoms with Crippen LogP contribution in [0.5, 0.6) is 0 Å². The van der Waals surface area contributed by atoms with Crippen molar-refractivity contribution >= 4 is 11.7 Å². The molecule has 126 valence electrons. The number of Topliss-reactive ketones (excluding diaryl/α,β-unsaturated/α-hetero) is 1. The van der Waals surface area contributed by atoms with Crippen LogP contribution in [0.1, 0.15) is 60.5 Å². The Labute approximate surface area is 138 Å². The minimum Gasteiger partial charge on any atom is -0.396 e. The normalized spacial score (nSPS) is 14.9. The standard InChI is InChI=1S/C19H27NO3/c1-14(10-11-21)13-20-19(23)9-8-18(22)17-7-6-15-4-2-3-5-16(15)12-17/h6-7,12,14,21H,2-5,8-11,13H2,1H3,(H,20,23). The van der Waals surface area contributed by atoms with Crippen LogP contribution in [0.25, 0.3) is 0 Å². The summed E-state index contributed by atoms with van der Waals surface area (Å²) in [6.07, 6.45) is 5.74. The van der Waals surface area contributed by atoms with E-state index < -0.39 is 0 Å². The first-order valence-electron chi connectivity index (χ1n) is 8.62. The number of rotatable bonds is 8. The molecule has 2 rings (SSSR count).